The van der Waals surface area contributed by atoms with E-state index in [0.29, 0.717) is 16.0 Å². The van der Waals surface area contributed by atoms with E-state index < -0.39 is 21.7 Å². The van der Waals surface area contributed by atoms with Crippen LogP contribution in [-0.2, 0) is 21.2 Å². The molecule has 0 radical (unpaired) electrons. The molecule has 0 aromatic heterocycles. The summed E-state index contributed by atoms with van der Waals surface area (Å²) < 4.78 is 34.5. The topological polar surface area (TPSA) is 92.7 Å². The number of carboxylic acids is 1. The van der Waals surface area contributed by atoms with Crippen molar-refractivity contribution in [2.75, 3.05) is 0 Å². The lowest BCUT2D eigenvalue weighted by atomic mass is 10.0. The number of benzene rings is 4. The Balaban J connectivity index is 1.71. The molecule has 0 aliphatic heterocycles. The number of nitrogens with one attached hydrogen (secondary N) is 1. The largest absolute Gasteiger partial charge is 0.477 e. The Morgan fingerprint density at radius 2 is 1.58 bits per heavy atom. The maximum absolute atomic E-state index is 13.1. The number of sulfonamides is 1. The highest BCUT2D eigenvalue weighted by molar-refractivity contribution is 7.92. The molecular weight excluding hydrogens is 498 g/mol. The average molecular weight is 522 g/mol. The third kappa shape index (κ3) is 6.31. The van der Waals surface area contributed by atoms with Gasteiger partial charge in [-0.05, 0) is 47.2 Å². The lowest BCUT2D eigenvalue weighted by Gasteiger charge is -2.31. The molecule has 2 N–H and O–H groups in total. The van der Waals surface area contributed by atoms with Crippen LogP contribution in [0.1, 0.15) is 17.5 Å². The third-order valence-electron chi connectivity index (χ3n) is 5.60. The fourth-order valence-corrected chi connectivity index (χ4v) is 4.98. The number of halogens is 1. The predicted octanol–water partition coefficient (Wildman–Crippen LogP) is 5.88. The van der Waals surface area contributed by atoms with E-state index in [9.17, 15) is 18.3 Å². The number of aryl methyl sites for hydroxylation is 1. The summed E-state index contributed by atoms with van der Waals surface area (Å²) in [4.78, 5) is 12.7. The van der Waals surface area contributed by atoms with Gasteiger partial charge in [0.1, 0.15) is 5.75 Å². The van der Waals surface area contributed by atoms with Crippen LogP contribution in [0.5, 0.6) is 5.75 Å². The molecule has 0 amide bonds. The normalized spacial score (nSPS) is 13.5. The van der Waals surface area contributed by atoms with Crippen molar-refractivity contribution in [2.45, 2.75) is 18.6 Å². The van der Waals surface area contributed by atoms with E-state index in [1.807, 2.05) is 24.3 Å². The Bertz CT molecular complexity index is 1480. The van der Waals surface area contributed by atoms with Gasteiger partial charge in [0.15, 0.2) is 0 Å². The summed E-state index contributed by atoms with van der Waals surface area (Å²) in [5, 5.41) is 13.3. The zero-order valence-electron chi connectivity index (χ0n) is 19.2. The van der Waals surface area contributed by atoms with Crippen molar-refractivity contribution in [3.8, 4) is 5.75 Å². The molecule has 0 bridgehead atoms. The maximum atomic E-state index is 13.1. The number of aliphatic carboxylic acids is 1. The summed E-state index contributed by atoms with van der Waals surface area (Å²) in [6.45, 7) is 0. The second-order valence-electron chi connectivity index (χ2n) is 8.20. The standard InChI is InChI=1S/C28H24ClNO5S/c29-24-15-13-22(14-16-24)17-19-28(27(31)32,30-36(33,34)20-18-21-7-2-1-3-8-21)35-26-12-6-10-23-9-4-5-11-25(23)26/h1-16,18,20,30H,17,19H2,(H,31,32). The van der Waals surface area contributed by atoms with Gasteiger partial charge >= 0.3 is 5.97 Å². The van der Waals surface area contributed by atoms with E-state index in [4.69, 9.17) is 16.3 Å². The van der Waals surface area contributed by atoms with Crippen LogP contribution in [0.15, 0.2) is 102 Å². The molecule has 0 spiro atoms. The number of hydrogen-bond acceptors (Lipinski definition) is 4. The molecule has 1 atom stereocenters. The summed E-state index contributed by atoms with van der Waals surface area (Å²) in [6.07, 6.45) is 1.44. The molecule has 0 saturated heterocycles. The van der Waals surface area contributed by atoms with Crippen LogP contribution >= 0.6 is 11.6 Å². The van der Waals surface area contributed by atoms with Crippen molar-refractivity contribution < 1.29 is 23.1 Å². The molecule has 0 fully saturated rings. The van der Waals surface area contributed by atoms with E-state index >= 15 is 0 Å². The smallest absolute Gasteiger partial charge is 0.364 e. The van der Waals surface area contributed by atoms with E-state index in [1.54, 1.807) is 72.8 Å². The number of carboxylic acid groups (broad SMARTS) is 1. The minimum Gasteiger partial charge on any atom is -0.477 e. The Morgan fingerprint density at radius 3 is 2.31 bits per heavy atom. The molecule has 4 rings (SSSR count). The van der Waals surface area contributed by atoms with Crippen LogP contribution in [0, 0.1) is 0 Å². The van der Waals surface area contributed by atoms with E-state index in [1.165, 1.54) is 6.08 Å². The van der Waals surface area contributed by atoms with Gasteiger partial charge in [-0.25, -0.2) is 13.2 Å². The van der Waals surface area contributed by atoms with E-state index in [-0.39, 0.29) is 18.6 Å². The highest BCUT2D eigenvalue weighted by Crippen LogP contribution is 2.30. The molecule has 8 heteroatoms. The lowest BCUT2D eigenvalue weighted by molar-refractivity contribution is -0.157. The number of hydrogen-bond donors (Lipinski definition) is 2. The van der Waals surface area contributed by atoms with E-state index in [0.717, 1.165) is 16.4 Å². The SMILES string of the molecule is O=C(O)C(CCc1ccc(Cl)cc1)(NS(=O)(=O)C=Cc1ccccc1)Oc1cccc2ccccc12. The Hall–Kier alpha value is -3.65. The Morgan fingerprint density at radius 1 is 0.917 bits per heavy atom. The highest BCUT2D eigenvalue weighted by atomic mass is 35.5. The summed E-state index contributed by atoms with van der Waals surface area (Å²) in [6, 6.07) is 28.3. The first-order chi connectivity index (χ1) is 17.3. The predicted molar refractivity (Wildman–Crippen MR) is 142 cm³/mol. The molecular formula is C28H24ClNO5S. The first-order valence-corrected chi connectivity index (χ1v) is 13.1. The number of rotatable bonds is 10. The van der Waals surface area contributed by atoms with Gasteiger partial charge in [0.05, 0.1) is 0 Å². The summed E-state index contributed by atoms with van der Waals surface area (Å²) >= 11 is 5.97. The Kier molecular flexibility index (Phi) is 7.74. The van der Waals surface area contributed by atoms with Crippen LogP contribution in [0.2, 0.25) is 5.02 Å². The number of ether oxygens (including phenoxy) is 1. The van der Waals surface area contributed by atoms with Crippen molar-refractivity contribution in [3.05, 3.63) is 119 Å². The van der Waals surface area contributed by atoms with Crippen LogP contribution in [0.3, 0.4) is 0 Å². The van der Waals surface area contributed by atoms with Crippen LogP contribution < -0.4 is 9.46 Å². The molecule has 4 aromatic rings. The maximum Gasteiger partial charge on any atom is 0.364 e. The van der Waals surface area contributed by atoms with Crippen molar-refractivity contribution in [1.82, 2.24) is 4.72 Å². The fourth-order valence-electron chi connectivity index (χ4n) is 3.76. The Labute approximate surface area is 214 Å². The van der Waals surface area contributed by atoms with Gasteiger partial charge in [-0.3, -0.25) is 0 Å². The van der Waals surface area contributed by atoms with Gasteiger partial charge in [0, 0.05) is 22.2 Å². The molecule has 0 aliphatic rings. The molecule has 0 aliphatic carbocycles. The molecule has 6 nitrogen and oxygen atoms in total. The second kappa shape index (κ2) is 11.0. The average Bonchev–Trinajstić information content (AvgIpc) is 2.88. The van der Waals surface area contributed by atoms with Crippen molar-refractivity contribution >= 4 is 44.4 Å². The zero-order chi connectivity index (χ0) is 25.6. The van der Waals surface area contributed by atoms with E-state index in [2.05, 4.69) is 4.72 Å². The first-order valence-electron chi connectivity index (χ1n) is 11.2. The van der Waals surface area contributed by atoms with Crippen molar-refractivity contribution in [1.29, 1.82) is 0 Å². The first kappa shape index (κ1) is 25.4. The van der Waals surface area contributed by atoms with Gasteiger partial charge in [0.25, 0.3) is 5.72 Å². The molecule has 0 saturated carbocycles. The minimum absolute atomic E-state index is 0.175. The molecule has 36 heavy (non-hydrogen) atoms. The third-order valence-corrected chi connectivity index (χ3v) is 6.97. The fraction of sp³-hybridized carbons (Fsp3) is 0.107. The van der Waals surface area contributed by atoms with Gasteiger partial charge in [-0.15, -0.1) is 0 Å². The minimum atomic E-state index is -4.22. The van der Waals surface area contributed by atoms with Gasteiger partial charge < -0.3 is 9.84 Å². The summed E-state index contributed by atoms with van der Waals surface area (Å²) in [5.74, 6) is -1.21. The highest BCUT2D eigenvalue weighted by Gasteiger charge is 2.44. The van der Waals surface area contributed by atoms with Crippen molar-refractivity contribution in [2.24, 2.45) is 0 Å². The lowest BCUT2D eigenvalue weighted by Crippen LogP contribution is -2.58. The zero-order valence-corrected chi connectivity index (χ0v) is 20.7. The van der Waals surface area contributed by atoms with Gasteiger partial charge in [0.2, 0.25) is 10.0 Å². The molecule has 1 unspecified atom stereocenters. The van der Waals surface area contributed by atoms with Crippen LogP contribution in [-0.4, -0.2) is 25.2 Å². The van der Waals surface area contributed by atoms with Gasteiger partial charge in [-0.2, -0.15) is 4.72 Å². The monoisotopic (exact) mass is 521 g/mol. The molecule has 0 heterocycles. The second-order valence-corrected chi connectivity index (χ2v) is 10.2. The summed E-state index contributed by atoms with van der Waals surface area (Å²) in [5.41, 5.74) is -0.839. The van der Waals surface area contributed by atoms with Crippen molar-refractivity contribution in [3.63, 3.8) is 0 Å². The number of fused-ring (bicyclic) bond motifs is 1. The number of carbonyl (C=O) groups is 1. The van der Waals surface area contributed by atoms with Crippen LogP contribution in [0.25, 0.3) is 16.8 Å². The van der Waals surface area contributed by atoms with Gasteiger partial charge in [-0.1, -0.05) is 90.5 Å². The summed E-state index contributed by atoms with van der Waals surface area (Å²) in [7, 11) is -4.22. The molecule has 4 aromatic carbocycles. The van der Waals surface area contributed by atoms with Crippen LogP contribution in [0.4, 0.5) is 0 Å². The molecule has 184 valence electrons. The quantitative estimate of drug-likeness (QED) is 0.254.